The fraction of sp³-hybridized carbons (Fsp3) is 0.455. The van der Waals surface area contributed by atoms with E-state index in [-0.39, 0.29) is 6.04 Å². The highest BCUT2D eigenvalue weighted by Crippen LogP contribution is 2.27. The molecule has 0 aliphatic rings. The van der Waals surface area contributed by atoms with Crippen LogP contribution in [0.1, 0.15) is 18.0 Å². The fourth-order valence-corrected chi connectivity index (χ4v) is 2.59. The predicted molar refractivity (Wildman–Crippen MR) is 73.7 cm³/mol. The number of rotatable bonds is 6. The molecule has 1 rings (SSSR count). The Morgan fingerprint density at radius 3 is 2.50 bits per heavy atom. The summed E-state index contributed by atoms with van der Waals surface area (Å²) in [6.45, 7) is 0.438. The SMILES string of the molecule is COCC[C@@H](NS(C)(=O)=O)c1ccc(Cl)c(Cl)c1. The Morgan fingerprint density at radius 2 is 2.00 bits per heavy atom. The molecule has 0 aliphatic carbocycles. The second kappa shape index (κ2) is 6.73. The van der Waals surface area contributed by atoms with Gasteiger partial charge in [0.15, 0.2) is 0 Å². The summed E-state index contributed by atoms with van der Waals surface area (Å²) >= 11 is 11.8. The van der Waals surface area contributed by atoms with Gasteiger partial charge in [-0.1, -0.05) is 29.3 Å². The third-order valence-electron chi connectivity index (χ3n) is 2.31. The van der Waals surface area contributed by atoms with Crippen molar-refractivity contribution in [2.24, 2.45) is 0 Å². The molecule has 0 fully saturated rings. The van der Waals surface area contributed by atoms with Crippen LogP contribution in [0.4, 0.5) is 0 Å². The lowest BCUT2D eigenvalue weighted by Crippen LogP contribution is -2.28. The van der Waals surface area contributed by atoms with Crippen LogP contribution in [0.5, 0.6) is 0 Å². The zero-order valence-electron chi connectivity index (χ0n) is 10.1. The van der Waals surface area contributed by atoms with Crippen molar-refractivity contribution in [2.45, 2.75) is 12.5 Å². The lowest BCUT2D eigenvalue weighted by Gasteiger charge is -2.18. The van der Waals surface area contributed by atoms with E-state index in [1.807, 2.05) is 0 Å². The Hall–Kier alpha value is -0.330. The molecule has 0 spiro atoms. The molecule has 4 nitrogen and oxygen atoms in total. The van der Waals surface area contributed by atoms with Gasteiger partial charge < -0.3 is 4.74 Å². The Bertz CT molecular complexity index is 505. The van der Waals surface area contributed by atoms with E-state index in [2.05, 4.69) is 4.72 Å². The van der Waals surface area contributed by atoms with E-state index >= 15 is 0 Å². The van der Waals surface area contributed by atoms with Gasteiger partial charge in [-0.05, 0) is 24.1 Å². The van der Waals surface area contributed by atoms with E-state index in [1.54, 1.807) is 25.3 Å². The van der Waals surface area contributed by atoms with Crippen molar-refractivity contribution in [3.8, 4) is 0 Å². The molecule has 1 aromatic carbocycles. The Morgan fingerprint density at radius 1 is 1.33 bits per heavy atom. The number of halogens is 2. The monoisotopic (exact) mass is 311 g/mol. The number of sulfonamides is 1. The molecule has 0 heterocycles. The first kappa shape index (κ1) is 15.7. The summed E-state index contributed by atoms with van der Waals surface area (Å²) in [5.41, 5.74) is 0.756. The van der Waals surface area contributed by atoms with Crippen molar-refractivity contribution in [1.29, 1.82) is 0 Å². The van der Waals surface area contributed by atoms with Crippen molar-refractivity contribution in [3.63, 3.8) is 0 Å². The molecule has 0 amide bonds. The van der Waals surface area contributed by atoms with Gasteiger partial charge in [0.05, 0.1) is 16.3 Å². The molecule has 7 heteroatoms. The van der Waals surface area contributed by atoms with Crippen LogP contribution in [-0.4, -0.2) is 28.4 Å². The molecule has 0 aliphatic heterocycles. The summed E-state index contributed by atoms with van der Waals surface area (Å²) in [5, 5.41) is 0.831. The minimum atomic E-state index is -3.31. The highest BCUT2D eigenvalue weighted by atomic mass is 35.5. The van der Waals surface area contributed by atoms with Crippen LogP contribution in [-0.2, 0) is 14.8 Å². The fourth-order valence-electron chi connectivity index (χ4n) is 1.52. The van der Waals surface area contributed by atoms with Crippen molar-refractivity contribution in [3.05, 3.63) is 33.8 Å². The van der Waals surface area contributed by atoms with Crippen LogP contribution in [0.25, 0.3) is 0 Å². The van der Waals surface area contributed by atoms with Crippen molar-refractivity contribution < 1.29 is 13.2 Å². The maximum Gasteiger partial charge on any atom is 0.209 e. The second-order valence-corrected chi connectivity index (χ2v) is 6.49. The Kier molecular flexibility index (Phi) is 5.88. The summed E-state index contributed by atoms with van der Waals surface area (Å²) in [7, 11) is -1.74. The lowest BCUT2D eigenvalue weighted by molar-refractivity contribution is 0.186. The quantitative estimate of drug-likeness (QED) is 0.878. The van der Waals surface area contributed by atoms with Crippen LogP contribution in [0.3, 0.4) is 0 Å². The highest BCUT2D eigenvalue weighted by molar-refractivity contribution is 7.88. The van der Waals surface area contributed by atoms with Crippen LogP contribution in [0, 0.1) is 0 Å². The third kappa shape index (κ3) is 5.12. The van der Waals surface area contributed by atoms with Gasteiger partial charge in [-0.3, -0.25) is 0 Å². The third-order valence-corrected chi connectivity index (χ3v) is 3.76. The summed E-state index contributed by atoms with van der Waals surface area (Å²) in [4.78, 5) is 0. The van der Waals surface area contributed by atoms with Gasteiger partial charge in [0.2, 0.25) is 10.0 Å². The van der Waals surface area contributed by atoms with Crippen molar-refractivity contribution in [2.75, 3.05) is 20.0 Å². The van der Waals surface area contributed by atoms with Crippen LogP contribution in [0.15, 0.2) is 18.2 Å². The average molecular weight is 312 g/mol. The normalized spacial score (nSPS) is 13.6. The molecule has 0 bridgehead atoms. The Balaban J connectivity index is 2.97. The molecule has 0 aromatic heterocycles. The molecule has 1 N–H and O–H groups in total. The molecule has 0 radical (unpaired) electrons. The smallest absolute Gasteiger partial charge is 0.209 e. The van der Waals surface area contributed by atoms with Gasteiger partial charge in [0.25, 0.3) is 0 Å². The number of ether oxygens (including phenoxy) is 1. The molecular formula is C11H15Cl2NO3S. The van der Waals surface area contributed by atoms with Crippen LogP contribution < -0.4 is 4.72 Å². The average Bonchev–Trinajstić information content (AvgIpc) is 2.26. The van der Waals surface area contributed by atoms with Gasteiger partial charge >= 0.3 is 0 Å². The van der Waals surface area contributed by atoms with Gasteiger partial charge in [0.1, 0.15) is 0 Å². The molecule has 0 saturated carbocycles. The number of benzene rings is 1. The standard InChI is InChI=1S/C11H15Cl2NO3S/c1-17-6-5-11(14-18(2,15)16)8-3-4-9(12)10(13)7-8/h3-4,7,11,14H,5-6H2,1-2H3/t11-/m1/s1. The van der Waals surface area contributed by atoms with Crippen molar-refractivity contribution in [1.82, 2.24) is 4.72 Å². The van der Waals surface area contributed by atoms with E-state index in [0.29, 0.717) is 23.1 Å². The predicted octanol–water partition coefficient (Wildman–Crippen LogP) is 2.62. The zero-order valence-corrected chi connectivity index (χ0v) is 12.4. The Labute approximate surface area is 117 Å². The topological polar surface area (TPSA) is 55.4 Å². The maximum atomic E-state index is 11.3. The zero-order chi connectivity index (χ0) is 13.8. The lowest BCUT2D eigenvalue weighted by atomic mass is 10.1. The van der Waals surface area contributed by atoms with Gasteiger partial charge in [-0.2, -0.15) is 0 Å². The molecular weight excluding hydrogens is 297 g/mol. The molecule has 102 valence electrons. The number of methoxy groups -OCH3 is 1. The summed E-state index contributed by atoms with van der Waals surface area (Å²) in [6.07, 6.45) is 1.63. The summed E-state index contributed by atoms with van der Waals surface area (Å²) in [6, 6.07) is 4.66. The van der Waals surface area contributed by atoms with E-state index in [4.69, 9.17) is 27.9 Å². The van der Waals surface area contributed by atoms with E-state index in [9.17, 15) is 8.42 Å². The minimum absolute atomic E-state index is 0.380. The number of nitrogens with one attached hydrogen (secondary N) is 1. The number of hydrogen-bond donors (Lipinski definition) is 1. The number of hydrogen-bond acceptors (Lipinski definition) is 3. The second-order valence-electron chi connectivity index (χ2n) is 3.90. The van der Waals surface area contributed by atoms with E-state index < -0.39 is 10.0 Å². The first-order valence-corrected chi connectivity index (χ1v) is 7.89. The van der Waals surface area contributed by atoms with E-state index in [1.165, 1.54) is 0 Å². The molecule has 0 unspecified atom stereocenters. The maximum absolute atomic E-state index is 11.3. The summed E-state index contributed by atoms with van der Waals surface area (Å²) < 4.78 is 30.2. The van der Waals surface area contributed by atoms with Gasteiger partial charge in [0, 0.05) is 19.8 Å². The van der Waals surface area contributed by atoms with Crippen LogP contribution >= 0.6 is 23.2 Å². The highest BCUT2D eigenvalue weighted by Gasteiger charge is 2.16. The molecule has 0 saturated heterocycles. The first-order valence-electron chi connectivity index (χ1n) is 5.24. The largest absolute Gasteiger partial charge is 0.385 e. The molecule has 18 heavy (non-hydrogen) atoms. The molecule has 1 aromatic rings. The first-order chi connectivity index (χ1) is 8.33. The van der Waals surface area contributed by atoms with Crippen LogP contribution in [0.2, 0.25) is 10.0 Å². The van der Waals surface area contributed by atoms with Crippen molar-refractivity contribution >= 4 is 33.2 Å². The van der Waals surface area contributed by atoms with Gasteiger partial charge in [-0.15, -0.1) is 0 Å². The summed E-state index contributed by atoms with van der Waals surface area (Å²) in [5.74, 6) is 0. The molecule has 1 atom stereocenters. The van der Waals surface area contributed by atoms with Gasteiger partial charge in [-0.25, -0.2) is 13.1 Å². The van der Waals surface area contributed by atoms with E-state index in [0.717, 1.165) is 11.8 Å². The minimum Gasteiger partial charge on any atom is -0.385 e.